The predicted octanol–water partition coefficient (Wildman–Crippen LogP) is 3.04. The van der Waals surface area contributed by atoms with Crippen LogP contribution in [0.2, 0.25) is 0 Å². The van der Waals surface area contributed by atoms with Gasteiger partial charge in [0.1, 0.15) is 0 Å². The Labute approximate surface area is 161 Å². The lowest BCUT2D eigenvalue weighted by Gasteiger charge is -2.26. The van der Waals surface area contributed by atoms with Crippen molar-refractivity contribution in [3.05, 3.63) is 16.1 Å². The zero-order chi connectivity index (χ0) is 15.8. The van der Waals surface area contributed by atoms with E-state index in [9.17, 15) is 0 Å². The second-order valence-corrected chi connectivity index (χ2v) is 6.98. The molecule has 0 aromatic carbocycles. The van der Waals surface area contributed by atoms with Crippen molar-refractivity contribution in [2.75, 3.05) is 33.2 Å². The molecule has 0 atom stereocenters. The summed E-state index contributed by atoms with van der Waals surface area (Å²) in [6.07, 6.45) is 4.07. The number of nitrogens with one attached hydrogen (secondary N) is 2. The first-order valence-electron chi connectivity index (χ1n) is 8.30. The van der Waals surface area contributed by atoms with Gasteiger partial charge in [-0.3, -0.25) is 4.99 Å². The molecule has 0 unspecified atom stereocenters. The van der Waals surface area contributed by atoms with Crippen LogP contribution in [0.25, 0.3) is 0 Å². The number of aromatic nitrogens is 1. The molecular formula is C16H30IN5S. The number of aliphatic imine (C=N–C) groups is 1. The van der Waals surface area contributed by atoms with Crippen LogP contribution < -0.4 is 10.6 Å². The Hall–Kier alpha value is -0.410. The molecule has 1 fully saturated rings. The molecule has 1 aliphatic heterocycles. The van der Waals surface area contributed by atoms with E-state index in [1.807, 2.05) is 7.05 Å². The Kier molecular flexibility index (Phi) is 10.0. The summed E-state index contributed by atoms with van der Waals surface area (Å²) in [5.41, 5.74) is 1.09. The summed E-state index contributed by atoms with van der Waals surface area (Å²) >= 11 is 1.74. The van der Waals surface area contributed by atoms with E-state index in [1.54, 1.807) is 11.3 Å². The highest BCUT2D eigenvalue weighted by Gasteiger charge is 2.10. The molecule has 1 saturated heterocycles. The molecule has 0 saturated carbocycles. The summed E-state index contributed by atoms with van der Waals surface area (Å²) in [7, 11) is 1.82. The first-order valence-corrected chi connectivity index (χ1v) is 9.18. The average Bonchev–Trinajstić information content (AvgIpc) is 3.01. The fourth-order valence-electron chi connectivity index (χ4n) is 2.58. The van der Waals surface area contributed by atoms with E-state index < -0.39 is 0 Å². The van der Waals surface area contributed by atoms with Gasteiger partial charge >= 0.3 is 0 Å². The third kappa shape index (κ3) is 7.34. The number of nitrogens with zero attached hydrogens (tertiary/aromatic N) is 3. The molecule has 5 nitrogen and oxygen atoms in total. The highest BCUT2D eigenvalue weighted by atomic mass is 127. The van der Waals surface area contributed by atoms with Crippen molar-refractivity contribution < 1.29 is 0 Å². The third-order valence-corrected chi connectivity index (χ3v) is 5.09. The fourth-order valence-corrected chi connectivity index (χ4v) is 3.41. The maximum atomic E-state index is 4.63. The molecule has 1 aromatic rings. The Bertz CT molecular complexity index is 469. The van der Waals surface area contributed by atoms with E-state index in [-0.39, 0.29) is 24.0 Å². The van der Waals surface area contributed by atoms with Crippen molar-refractivity contribution in [1.82, 2.24) is 20.5 Å². The summed E-state index contributed by atoms with van der Waals surface area (Å²) in [6, 6.07) is 0. The smallest absolute Gasteiger partial charge is 0.191 e. The third-order valence-electron chi connectivity index (χ3n) is 3.89. The fraction of sp³-hybridized carbons (Fsp3) is 0.750. The molecule has 2 heterocycles. The minimum absolute atomic E-state index is 0. The molecule has 1 aliphatic rings. The number of guanidine groups is 1. The van der Waals surface area contributed by atoms with E-state index in [0.29, 0.717) is 5.92 Å². The minimum Gasteiger partial charge on any atom is -0.355 e. The van der Waals surface area contributed by atoms with Gasteiger partial charge in [-0.25, -0.2) is 4.98 Å². The summed E-state index contributed by atoms with van der Waals surface area (Å²) in [4.78, 5) is 11.4. The topological polar surface area (TPSA) is 52.6 Å². The quantitative estimate of drug-likeness (QED) is 0.397. The van der Waals surface area contributed by atoms with Gasteiger partial charge < -0.3 is 15.5 Å². The summed E-state index contributed by atoms with van der Waals surface area (Å²) in [5, 5.41) is 10.1. The molecule has 0 aliphatic carbocycles. The van der Waals surface area contributed by atoms with Crippen LogP contribution in [-0.2, 0) is 6.54 Å². The van der Waals surface area contributed by atoms with Crippen LogP contribution in [0.1, 0.15) is 49.7 Å². The molecule has 0 bridgehead atoms. The zero-order valence-corrected chi connectivity index (χ0v) is 17.6. The molecule has 23 heavy (non-hydrogen) atoms. The molecule has 0 spiro atoms. The number of likely N-dealkylation sites (tertiary alicyclic amines) is 1. The normalized spacial score (nSPS) is 16.3. The zero-order valence-electron chi connectivity index (χ0n) is 14.5. The number of halogens is 1. The van der Waals surface area contributed by atoms with Gasteiger partial charge in [-0.05, 0) is 25.9 Å². The van der Waals surface area contributed by atoms with Gasteiger partial charge in [0.2, 0.25) is 0 Å². The van der Waals surface area contributed by atoms with E-state index >= 15 is 0 Å². The van der Waals surface area contributed by atoms with Crippen molar-refractivity contribution in [3.8, 4) is 0 Å². The largest absolute Gasteiger partial charge is 0.355 e. The predicted molar refractivity (Wildman–Crippen MR) is 110 cm³/mol. The second-order valence-electron chi connectivity index (χ2n) is 6.09. The number of thiazole rings is 1. The van der Waals surface area contributed by atoms with Crippen LogP contribution in [0, 0.1) is 0 Å². The maximum absolute atomic E-state index is 4.63. The van der Waals surface area contributed by atoms with Gasteiger partial charge in [0.15, 0.2) is 5.96 Å². The Morgan fingerprint density at radius 3 is 2.65 bits per heavy atom. The standard InChI is InChI=1S/C16H29N5S.HI/c1-13(2)15-20-14(12-22-15)11-19-16(17-3)18-7-10-21-8-5-4-6-9-21;/h12-13H,4-11H2,1-3H3,(H2,17,18,19);1H. The molecular weight excluding hydrogens is 421 g/mol. The van der Waals surface area contributed by atoms with E-state index in [4.69, 9.17) is 0 Å². The van der Waals surface area contributed by atoms with Crippen molar-refractivity contribution in [3.63, 3.8) is 0 Å². The Balaban J connectivity index is 0.00000264. The molecule has 2 N–H and O–H groups in total. The van der Waals surface area contributed by atoms with Crippen LogP contribution in [-0.4, -0.2) is 49.1 Å². The van der Waals surface area contributed by atoms with Gasteiger partial charge in [-0.2, -0.15) is 0 Å². The Morgan fingerprint density at radius 1 is 1.30 bits per heavy atom. The van der Waals surface area contributed by atoms with Gasteiger partial charge in [0.25, 0.3) is 0 Å². The average molecular weight is 451 g/mol. The number of hydrogen-bond donors (Lipinski definition) is 2. The van der Waals surface area contributed by atoms with Crippen LogP contribution in [0.15, 0.2) is 10.4 Å². The van der Waals surface area contributed by atoms with E-state index in [0.717, 1.165) is 31.3 Å². The lowest BCUT2D eigenvalue weighted by molar-refractivity contribution is 0.232. The van der Waals surface area contributed by atoms with Crippen molar-refractivity contribution in [2.45, 2.75) is 45.6 Å². The molecule has 1 aromatic heterocycles. The van der Waals surface area contributed by atoms with Crippen molar-refractivity contribution in [2.24, 2.45) is 4.99 Å². The van der Waals surface area contributed by atoms with Crippen LogP contribution >= 0.6 is 35.3 Å². The minimum atomic E-state index is 0. The van der Waals surface area contributed by atoms with Crippen molar-refractivity contribution in [1.29, 1.82) is 0 Å². The lowest BCUT2D eigenvalue weighted by atomic mass is 10.1. The highest BCUT2D eigenvalue weighted by Crippen LogP contribution is 2.18. The second kappa shape index (κ2) is 11.2. The van der Waals surface area contributed by atoms with Gasteiger partial charge in [-0.15, -0.1) is 35.3 Å². The van der Waals surface area contributed by atoms with Crippen LogP contribution in [0.3, 0.4) is 0 Å². The first-order chi connectivity index (χ1) is 10.7. The number of rotatable bonds is 6. The first kappa shape index (κ1) is 20.6. The SMILES string of the molecule is CN=C(NCCN1CCCCC1)NCc1csc(C(C)C)n1.I. The number of hydrogen-bond acceptors (Lipinski definition) is 4. The molecule has 0 radical (unpaired) electrons. The van der Waals surface area contributed by atoms with Crippen LogP contribution in [0.4, 0.5) is 0 Å². The van der Waals surface area contributed by atoms with Crippen molar-refractivity contribution >= 4 is 41.3 Å². The van der Waals surface area contributed by atoms with Gasteiger partial charge in [0.05, 0.1) is 17.2 Å². The van der Waals surface area contributed by atoms with E-state index in [2.05, 4.69) is 44.7 Å². The Morgan fingerprint density at radius 2 is 2.04 bits per heavy atom. The number of piperidine rings is 1. The summed E-state index contributed by atoms with van der Waals surface area (Å²) in [6.45, 7) is 9.60. The monoisotopic (exact) mass is 451 g/mol. The van der Waals surface area contributed by atoms with Gasteiger partial charge in [0, 0.05) is 31.4 Å². The highest BCUT2D eigenvalue weighted by molar-refractivity contribution is 14.0. The van der Waals surface area contributed by atoms with Crippen LogP contribution in [0.5, 0.6) is 0 Å². The van der Waals surface area contributed by atoms with E-state index in [1.165, 1.54) is 37.4 Å². The summed E-state index contributed by atoms with van der Waals surface area (Å²) in [5.74, 6) is 1.36. The maximum Gasteiger partial charge on any atom is 0.191 e. The molecule has 132 valence electrons. The summed E-state index contributed by atoms with van der Waals surface area (Å²) < 4.78 is 0. The van der Waals surface area contributed by atoms with Gasteiger partial charge in [-0.1, -0.05) is 20.3 Å². The molecule has 7 heteroatoms. The molecule has 0 amide bonds. The lowest BCUT2D eigenvalue weighted by Crippen LogP contribution is -2.42. The molecule has 2 rings (SSSR count).